The van der Waals surface area contributed by atoms with Gasteiger partial charge in [0.15, 0.2) is 5.96 Å². The molecule has 3 N–H and O–H groups in total. The van der Waals surface area contributed by atoms with E-state index in [9.17, 15) is 4.79 Å². The van der Waals surface area contributed by atoms with Crippen LogP contribution in [-0.2, 0) is 4.74 Å². The van der Waals surface area contributed by atoms with Crippen LogP contribution in [0.1, 0.15) is 34.1 Å². The van der Waals surface area contributed by atoms with Crippen molar-refractivity contribution >= 4 is 36.0 Å². The van der Waals surface area contributed by atoms with Crippen molar-refractivity contribution in [1.29, 1.82) is 0 Å². The van der Waals surface area contributed by atoms with Gasteiger partial charge in [0.25, 0.3) is 0 Å². The van der Waals surface area contributed by atoms with Crippen LogP contribution < -0.4 is 11.1 Å². The zero-order valence-electron chi connectivity index (χ0n) is 16.0. The van der Waals surface area contributed by atoms with E-state index in [2.05, 4.69) is 21.8 Å². The number of carbonyl (C=O) groups excluding carboxylic acids is 1. The molecule has 1 rings (SSSR count). The molecule has 0 radical (unpaired) electrons. The fourth-order valence-electron chi connectivity index (χ4n) is 2.28. The number of nitrogens with two attached hydrogens (primary N) is 1. The second-order valence-corrected chi connectivity index (χ2v) is 7.25. The first-order valence-corrected chi connectivity index (χ1v) is 8.56. The molecule has 1 saturated heterocycles. The number of hydrogen-bond acceptors (Lipinski definition) is 4. The minimum atomic E-state index is -0.439. The molecular weight excluding hydrogens is 433 g/mol. The molecule has 0 aliphatic carbocycles. The third-order valence-electron chi connectivity index (χ3n) is 3.50. The van der Waals surface area contributed by atoms with Crippen LogP contribution in [0.3, 0.4) is 0 Å². The summed E-state index contributed by atoms with van der Waals surface area (Å²) in [7, 11) is 0. The van der Waals surface area contributed by atoms with E-state index >= 15 is 0 Å². The summed E-state index contributed by atoms with van der Waals surface area (Å²) in [6.45, 7) is 16.9. The average Bonchev–Trinajstić information content (AvgIpc) is 2.48. The van der Waals surface area contributed by atoms with Gasteiger partial charge in [-0.25, -0.2) is 9.79 Å². The highest BCUT2D eigenvalue weighted by Crippen LogP contribution is 2.11. The molecule has 0 aromatic heterocycles. The summed E-state index contributed by atoms with van der Waals surface area (Å²) in [4.78, 5) is 20.3. The fourth-order valence-corrected chi connectivity index (χ4v) is 2.28. The lowest BCUT2D eigenvalue weighted by Crippen LogP contribution is -2.50. The second-order valence-electron chi connectivity index (χ2n) is 7.25. The monoisotopic (exact) mass is 467 g/mol. The molecule has 0 aromatic rings. The number of rotatable bonds is 6. The van der Waals surface area contributed by atoms with Crippen molar-refractivity contribution in [3.05, 3.63) is 12.2 Å². The number of ether oxygens (including phenoxy) is 1. The molecule has 0 bridgehead atoms. The first-order valence-electron chi connectivity index (χ1n) is 8.56. The quantitative estimate of drug-likeness (QED) is 0.205. The van der Waals surface area contributed by atoms with Gasteiger partial charge in [-0.15, -0.1) is 24.0 Å². The van der Waals surface area contributed by atoms with Crippen LogP contribution in [0.25, 0.3) is 0 Å². The SMILES string of the molecule is C=C(C)CN=C(N)NCCCN1CCN(C(=O)OC(C)(C)C)CC1.I. The Kier molecular flexibility index (Phi) is 11.1. The smallest absolute Gasteiger partial charge is 0.410 e. The molecule has 1 aliphatic heterocycles. The molecule has 0 unspecified atom stereocenters. The number of nitrogens with one attached hydrogen (secondary N) is 1. The zero-order valence-corrected chi connectivity index (χ0v) is 18.3. The largest absolute Gasteiger partial charge is 0.444 e. The van der Waals surface area contributed by atoms with Crippen LogP contribution in [0.15, 0.2) is 17.1 Å². The summed E-state index contributed by atoms with van der Waals surface area (Å²) in [5, 5.41) is 3.11. The normalized spacial score (nSPS) is 16.2. The van der Waals surface area contributed by atoms with E-state index in [0.717, 1.165) is 38.2 Å². The van der Waals surface area contributed by atoms with E-state index < -0.39 is 5.60 Å². The molecule has 1 amide bonds. The van der Waals surface area contributed by atoms with Crippen molar-refractivity contribution in [3.63, 3.8) is 0 Å². The maximum absolute atomic E-state index is 12.0. The molecule has 1 heterocycles. The van der Waals surface area contributed by atoms with Gasteiger partial charge in [-0.05, 0) is 40.7 Å². The molecule has 0 saturated carbocycles. The van der Waals surface area contributed by atoms with E-state index in [4.69, 9.17) is 10.5 Å². The minimum absolute atomic E-state index is 0. The molecule has 146 valence electrons. The number of guanidine groups is 1. The summed E-state index contributed by atoms with van der Waals surface area (Å²) in [6.07, 6.45) is 0.765. The fraction of sp³-hybridized carbons (Fsp3) is 0.765. The van der Waals surface area contributed by atoms with E-state index in [1.54, 1.807) is 4.90 Å². The Morgan fingerprint density at radius 1 is 1.28 bits per heavy atom. The van der Waals surface area contributed by atoms with Gasteiger partial charge in [0.1, 0.15) is 5.60 Å². The third kappa shape index (κ3) is 11.2. The van der Waals surface area contributed by atoms with Gasteiger partial charge in [-0.1, -0.05) is 12.2 Å². The number of amides is 1. The van der Waals surface area contributed by atoms with Crippen molar-refractivity contribution in [2.75, 3.05) is 45.8 Å². The number of carbonyl (C=O) groups is 1. The lowest BCUT2D eigenvalue weighted by Gasteiger charge is -2.35. The number of piperazine rings is 1. The molecule has 1 aliphatic rings. The van der Waals surface area contributed by atoms with E-state index in [1.807, 2.05) is 27.7 Å². The number of nitrogens with zero attached hydrogens (tertiary/aromatic N) is 3. The molecule has 0 spiro atoms. The molecular formula is C17H34IN5O2. The standard InChI is InChI=1S/C17H33N5O2.HI/c1-14(2)13-20-15(18)19-7-6-8-21-9-11-22(12-10-21)16(23)24-17(3,4)5;/h1,6-13H2,2-5H3,(H3,18,19,20);1H. The Morgan fingerprint density at radius 3 is 2.40 bits per heavy atom. The Balaban J connectivity index is 0.00000576. The van der Waals surface area contributed by atoms with Crippen molar-refractivity contribution in [1.82, 2.24) is 15.1 Å². The van der Waals surface area contributed by atoms with Crippen LogP contribution in [0.5, 0.6) is 0 Å². The highest BCUT2D eigenvalue weighted by Gasteiger charge is 2.25. The maximum atomic E-state index is 12.0. The first kappa shape index (κ1) is 24.0. The zero-order chi connectivity index (χ0) is 18.2. The molecule has 25 heavy (non-hydrogen) atoms. The van der Waals surface area contributed by atoms with Crippen LogP contribution in [0.2, 0.25) is 0 Å². The van der Waals surface area contributed by atoms with Gasteiger partial charge in [-0.2, -0.15) is 0 Å². The van der Waals surface area contributed by atoms with E-state index in [1.165, 1.54) is 0 Å². The van der Waals surface area contributed by atoms with Crippen LogP contribution in [-0.4, -0.2) is 73.3 Å². The van der Waals surface area contributed by atoms with Crippen molar-refractivity contribution in [2.24, 2.45) is 10.7 Å². The van der Waals surface area contributed by atoms with Crippen molar-refractivity contribution < 1.29 is 9.53 Å². The summed E-state index contributed by atoms with van der Waals surface area (Å²) in [5.74, 6) is 0.466. The third-order valence-corrected chi connectivity index (χ3v) is 3.50. The van der Waals surface area contributed by atoms with E-state index in [-0.39, 0.29) is 30.1 Å². The molecule has 0 aromatic carbocycles. The molecule has 1 fully saturated rings. The number of hydrogen-bond donors (Lipinski definition) is 2. The van der Waals surface area contributed by atoms with Gasteiger partial charge in [0.05, 0.1) is 6.54 Å². The predicted molar refractivity (Wildman–Crippen MR) is 114 cm³/mol. The Labute approximate surface area is 169 Å². The highest BCUT2D eigenvalue weighted by molar-refractivity contribution is 14.0. The van der Waals surface area contributed by atoms with Gasteiger partial charge in [0, 0.05) is 32.7 Å². The molecule has 7 nitrogen and oxygen atoms in total. The van der Waals surface area contributed by atoms with Crippen molar-refractivity contribution in [2.45, 2.75) is 39.7 Å². The van der Waals surface area contributed by atoms with E-state index in [0.29, 0.717) is 25.6 Å². The lowest BCUT2D eigenvalue weighted by atomic mass is 10.2. The predicted octanol–water partition coefficient (Wildman–Crippen LogP) is 2.03. The second kappa shape index (κ2) is 11.6. The Bertz CT molecular complexity index is 454. The Morgan fingerprint density at radius 2 is 1.88 bits per heavy atom. The average molecular weight is 467 g/mol. The van der Waals surface area contributed by atoms with Gasteiger partial charge in [0.2, 0.25) is 0 Å². The Hall–Kier alpha value is -1.03. The number of aliphatic imine (C=N–C) groups is 1. The molecule has 0 atom stereocenters. The van der Waals surface area contributed by atoms with Gasteiger partial charge in [-0.3, -0.25) is 4.90 Å². The summed E-state index contributed by atoms with van der Waals surface area (Å²) < 4.78 is 5.40. The minimum Gasteiger partial charge on any atom is -0.444 e. The lowest BCUT2D eigenvalue weighted by molar-refractivity contribution is 0.0145. The van der Waals surface area contributed by atoms with Crippen molar-refractivity contribution in [3.8, 4) is 0 Å². The summed E-state index contributed by atoms with van der Waals surface area (Å²) in [6, 6.07) is 0. The summed E-state index contributed by atoms with van der Waals surface area (Å²) in [5.41, 5.74) is 6.32. The van der Waals surface area contributed by atoms with Crippen LogP contribution >= 0.6 is 24.0 Å². The maximum Gasteiger partial charge on any atom is 0.410 e. The van der Waals surface area contributed by atoms with Crippen LogP contribution in [0.4, 0.5) is 4.79 Å². The number of halogens is 1. The highest BCUT2D eigenvalue weighted by atomic mass is 127. The van der Waals surface area contributed by atoms with Gasteiger partial charge >= 0.3 is 6.09 Å². The van der Waals surface area contributed by atoms with Crippen LogP contribution in [0, 0.1) is 0 Å². The molecule has 8 heteroatoms. The summed E-state index contributed by atoms with van der Waals surface area (Å²) >= 11 is 0. The topological polar surface area (TPSA) is 83.2 Å². The first-order chi connectivity index (χ1) is 11.2. The van der Waals surface area contributed by atoms with Gasteiger partial charge < -0.3 is 20.7 Å².